The number of nitrogens with one attached hydrogen (secondary N) is 2. The molecule has 120 valence electrons. The molecule has 0 aliphatic rings. The first-order valence-electron chi connectivity index (χ1n) is 5.68. The molecule has 1 aromatic rings. The molecule has 3 N–H and O–H groups in total. The van der Waals surface area contributed by atoms with Gasteiger partial charge < -0.3 is 14.8 Å². The molecule has 0 fully saturated rings. The number of aromatic nitrogens is 1. The molecule has 1 aromatic heterocycles. The highest BCUT2D eigenvalue weighted by Gasteiger charge is 2.27. The lowest BCUT2D eigenvalue weighted by Gasteiger charge is -2.08. The van der Waals surface area contributed by atoms with Gasteiger partial charge in [0.1, 0.15) is 17.2 Å². The molecule has 0 spiro atoms. The topological polar surface area (TPSA) is 108 Å². The van der Waals surface area contributed by atoms with Crippen LogP contribution in [0.2, 0.25) is 0 Å². The fourth-order valence-corrected chi connectivity index (χ4v) is 2.37. The first-order chi connectivity index (χ1) is 9.62. The number of H-pyrrole nitrogens is 1. The van der Waals surface area contributed by atoms with Crippen LogP contribution < -0.4 is 4.72 Å². The summed E-state index contributed by atoms with van der Waals surface area (Å²) in [6, 6.07) is 0.935. The van der Waals surface area contributed by atoms with Crippen molar-refractivity contribution in [1.29, 1.82) is 0 Å². The lowest BCUT2D eigenvalue weighted by Crippen LogP contribution is -2.26. The molecule has 0 aromatic carbocycles. The minimum absolute atomic E-state index is 0.0471. The molecule has 0 saturated heterocycles. The van der Waals surface area contributed by atoms with E-state index in [-0.39, 0.29) is 30.2 Å². The summed E-state index contributed by atoms with van der Waals surface area (Å²) < 4.78 is 65.1. The highest BCUT2D eigenvalue weighted by Crippen LogP contribution is 2.14. The quantitative estimate of drug-likeness (QED) is 0.615. The van der Waals surface area contributed by atoms with Gasteiger partial charge in [0.15, 0.2) is 0 Å². The SMILES string of the molecule is O=C(O)c1cc(S(=O)(=O)NCCCOCC(F)(F)F)c[nH]1. The van der Waals surface area contributed by atoms with Crippen molar-refractivity contribution in [2.24, 2.45) is 0 Å². The first kappa shape index (κ1) is 17.5. The monoisotopic (exact) mass is 330 g/mol. The van der Waals surface area contributed by atoms with Gasteiger partial charge in [0, 0.05) is 19.3 Å². The molecule has 21 heavy (non-hydrogen) atoms. The fraction of sp³-hybridized carbons (Fsp3) is 0.500. The van der Waals surface area contributed by atoms with Gasteiger partial charge in [-0.05, 0) is 12.5 Å². The Balaban J connectivity index is 2.38. The van der Waals surface area contributed by atoms with Gasteiger partial charge in [-0.15, -0.1) is 0 Å². The van der Waals surface area contributed by atoms with E-state index < -0.39 is 28.8 Å². The molecular formula is C10H13F3N2O5S. The summed E-state index contributed by atoms with van der Waals surface area (Å²) in [4.78, 5) is 12.6. The van der Waals surface area contributed by atoms with E-state index in [0.29, 0.717) is 0 Å². The van der Waals surface area contributed by atoms with Crippen LogP contribution >= 0.6 is 0 Å². The summed E-state index contributed by atoms with van der Waals surface area (Å²) in [5.41, 5.74) is -0.288. The maximum atomic E-state index is 11.8. The molecule has 7 nitrogen and oxygen atoms in total. The second-order valence-electron chi connectivity index (χ2n) is 3.97. The van der Waals surface area contributed by atoms with Crippen LogP contribution in [-0.4, -0.2) is 50.4 Å². The third kappa shape index (κ3) is 6.14. The van der Waals surface area contributed by atoms with Crippen molar-refractivity contribution in [3.05, 3.63) is 18.0 Å². The van der Waals surface area contributed by atoms with E-state index in [1.54, 1.807) is 0 Å². The predicted molar refractivity (Wildman–Crippen MR) is 64.4 cm³/mol. The van der Waals surface area contributed by atoms with Crippen molar-refractivity contribution in [3.63, 3.8) is 0 Å². The van der Waals surface area contributed by atoms with Gasteiger partial charge in [-0.3, -0.25) is 0 Å². The van der Waals surface area contributed by atoms with Crippen molar-refractivity contribution in [2.75, 3.05) is 19.8 Å². The van der Waals surface area contributed by atoms with Crippen molar-refractivity contribution in [1.82, 2.24) is 9.71 Å². The molecular weight excluding hydrogens is 317 g/mol. The number of halogens is 3. The van der Waals surface area contributed by atoms with Crippen LogP contribution in [0.1, 0.15) is 16.9 Å². The molecule has 0 saturated carbocycles. The van der Waals surface area contributed by atoms with Crippen LogP contribution in [0.3, 0.4) is 0 Å². The maximum Gasteiger partial charge on any atom is 0.411 e. The lowest BCUT2D eigenvalue weighted by atomic mass is 10.4. The smallest absolute Gasteiger partial charge is 0.411 e. The number of hydrogen-bond donors (Lipinski definition) is 3. The molecule has 11 heteroatoms. The number of carboxylic acid groups (broad SMARTS) is 1. The van der Waals surface area contributed by atoms with Gasteiger partial charge in [0.05, 0.1) is 0 Å². The molecule has 0 atom stereocenters. The number of sulfonamides is 1. The molecule has 0 amide bonds. The summed E-state index contributed by atoms with van der Waals surface area (Å²) in [7, 11) is -3.91. The summed E-state index contributed by atoms with van der Waals surface area (Å²) in [6.07, 6.45) is -3.37. The van der Waals surface area contributed by atoms with Gasteiger partial charge in [0.2, 0.25) is 10.0 Å². The van der Waals surface area contributed by atoms with E-state index in [1.807, 2.05) is 0 Å². The average molecular weight is 330 g/mol. The minimum Gasteiger partial charge on any atom is -0.477 e. The molecule has 0 bridgehead atoms. The Hall–Kier alpha value is -1.59. The Bertz CT molecular complexity index is 582. The second kappa shape index (κ2) is 6.91. The molecule has 0 radical (unpaired) electrons. The highest BCUT2D eigenvalue weighted by atomic mass is 32.2. The van der Waals surface area contributed by atoms with E-state index in [0.717, 1.165) is 12.3 Å². The Labute approximate surface area is 118 Å². The molecule has 0 aliphatic carbocycles. The average Bonchev–Trinajstić information content (AvgIpc) is 2.82. The Morgan fingerprint density at radius 2 is 2.10 bits per heavy atom. The van der Waals surface area contributed by atoms with E-state index in [2.05, 4.69) is 14.4 Å². The zero-order valence-electron chi connectivity index (χ0n) is 10.6. The number of aromatic amines is 1. The van der Waals surface area contributed by atoms with Gasteiger partial charge in [-0.1, -0.05) is 0 Å². The third-order valence-corrected chi connectivity index (χ3v) is 3.66. The predicted octanol–water partition coefficient (Wildman–Crippen LogP) is 0.960. The maximum absolute atomic E-state index is 11.8. The first-order valence-corrected chi connectivity index (χ1v) is 7.16. The summed E-state index contributed by atoms with van der Waals surface area (Å²) >= 11 is 0. The summed E-state index contributed by atoms with van der Waals surface area (Å²) in [5, 5.41) is 8.65. The number of carbonyl (C=O) groups is 1. The van der Waals surface area contributed by atoms with Crippen molar-refractivity contribution in [3.8, 4) is 0 Å². The van der Waals surface area contributed by atoms with E-state index in [9.17, 15) is 26.4 Å². The summed E-state index contributed by atoms with van der Waals surface area (Å²) in [6.45, 7) is -1.77. The van der Waals surface area contributed by atoms with Crippen LogP contribution in [0.25, 0.3) is 0 Å². The third-order valence-electron chi connectivity index (χ3n) is 2.22. The zero-order chi connectivity index (χ0) is 16.1. The number of hydrogen-bond acceptors (Lipinski definition) is 4. The Morgan fingerprint density at radius 1 is 1.43 bits per heavy atom. The van der Waals surface area contributed by atoms with E-state index in [4.69, 9.17) is 5.11 Å². The highest BCUT2D eigenvalue weighted by molar-refractivity contribution is 7.89. The van der Waals surface area contributed by atoms with Gasteiger partial charge in [-0.2, -0.15) is 13.2 Å². The zero-order valence-corrected chi connectivity index (χ0v) is 11.4. The fourth-order valence-electron chi connectivity index (χ4n) is 1.31. The minimum atomic E-state index is -4.42. The lowest BCUT2D eigenvalue weighted by molar-refractivity contribution is -0.173. The standard InChI is InChI=1S/C10H13F3N2O5S/c11-10(12,13)6-20-3-1-2-15-21(18,19)7-4-8(9(16)17)14-5-7/h4-5,14-15H,1-3,6H2,(H,16,17). The van der Waals surface area contributed by atoms with Crippen LogP contribution in [0.5, 0.6) is 0 Å². The number of carboxylic acids is 1. The molecule has 1 heterocycles. The van der Waals surface area contributed by atoms with Crippen molar-refractivity contribution < 1.29 is 36.2 Å². The van der Waals surface area contributed by atoms with Crippen molar-refractivity contribution in [2.45, 2.75) is 17.5 Å². The molecule has 0 unspecified atom stereocenters. The Morgan fingerprint density at radius 3 is 2.62 bits per heavy atom. The van der Waals surface area contributed by atoms with Crippen LogP contribution in [0, 0.1) is 0 Å². The van der Waals surface area contributed by atoms with Crippen LogP contribution in [0.15, 0.2) is 17.2 Å². The molecule has 0 aliphatic heterocycles. The Kier molecular flexibility index (Phi) is 5.75. The number of alkyl halides is 3. The van der Waals surface area contributed by atoms with Crippen LogP contribution in [0.4, 0.5) is 13.2 Å². The van der Waals surface area contributed by atoms with Gasteiger partial charge in [-0.25, -0.2) is 17.9 Å². The van der Waals surface area contributed by atoms with Crippen LogP contribution in [-0.2, 0) is 14.8 Å². The van der Waals surface area contributed by atoms with Crippen molar-refractivity contribution >= 4 is 16.0 Å². The van der Waals surface area contributed by atoms with E-state index >= 15 is 0 Å². The summed E-state index contributed by atoms with van der Waals surface area (Å²) in [5.74, 6) is -1.31. The molecule has 1 rings (SSSR count). The van der Waals surface area contributed by atoms with Gasteiger partial charge in [0.25, 0.3) is 0 Å². The number of rotatable bonds is 8. The second-order valence-corrected chi connectivity index (χ2v) is 5.74. The number of ether oxygens (including phenoxy) is 1. The number of aromatic carboxylic acids is 1. The van der Waals surface area contributed by atoms with Gasteiger partial charge >= 0.3 is 12.1 Å². The van der Waals surface area contributed by atoms with E-state index in [1.165, 1.54) is 0 Å². The largest absolute Gasteiger partial charge is 0.477 e. The normalized spacial score (nSPS) is 12.5.